The van der Waals surface area contributed by atoms with Gasteiger partial charge in [-0.1, -0.05) is 25.1 Å². The number of hydrogen-bond donors (Lipinski definition) is 2. The van der Waals surface area contributed by atoms with Gasteiger partial charge in [0.1, 0.15) is 11.9 Å². The smallest absolute Gasteiger partial charge is 0.124 e. The average Bonchev–Trinajstić information content (AvgIpc) is 2.41. The van der Waals surface area contributed by atoms with E-state index in [1.807, 2.05) is 24.3 Å². The molecular formula is C15H22O3. The van der Waals surface area contributed by atoms with Gasteiger partial charge in [-0.2, -0.15) is 0 Å². The summed E-state index contributed by atoms with van der Waals surface area (Å²) in [7, 11) is 1.58. The molecule has 1 aromatic carbocycles. The average molecular weight is 250 g/mol. The molecule has 1 fully saturated rings. The first-order chi connectivity index (χ1) is 8.57. The largest absolute Gasteiger partial charge is 0.496 e. The number of aliphatic hydroxyl groups is 2. The molecule has 3 heteroatoms. The number of para-hydroxylation sites is 1. The minimum Gasteiger partial charge on any atom is -0.496 e. The Morgan fingerprint density at radius 2 is 1.89 bits per heavy atom. The van der Waals surface area contributed by atoms with Crippen LogP contribution in [0, 0.1) is 5.92 Å². The minimum absolute atomic E-state index is 0.634. The van der Waals surface area contributed by atoms with Crippen molar-refractivity contribution in [2.75, 3.05) is 7.11 Å². The molecule has 1 unspecified atom stereocenters. The van der Waals surface area contributed by atoms with Crippen molar-refractivity contribution in [2.24, 2.45) is 5.92 Å². The monoisotopic (exact) mass is 250 g/mol. The van der Waals surface area contributed by atoms with E-state index in [1.165, 1.54) is 0 Å². The summed E-state index contributed by atoms with van der Waals surface area (Å²) in [6.07, 6.45) is 2.34. The van der Waals surface area contributed by atoms with Gasteiger partial charge in [0.2, 0.25) is 0 Å². The Kier molecular flexibility index (Phi) is 3.93. The molecule has 0 spiro atoms. The van der Waals surface area contributed by atoms with Crippen molar-refractivity contribution in [3.63, 3.8) is 0 Å². The Morgan fingerprint density at radius 1 is 1.28 bits per heavy atom. The highest BCUT2D eigenvalue weighted by atomic mass is 16.5. The number of benzene rings is 1. The van der Waals surface area contributed by atoms with Crippen LogP contribution in [0.4, 0.5) is 0 Å². The van der Waals surface area contributed by atoms with Crippen LogP contribution in [0.5, 0.6) is 5.75 Å². The first-order valence-electron chi connectivity index (χ1n) is 6.60. The van der Waals surface area contributed by atoms with E-state index < -0.39 is 11.7 Å². The van der Waals surface area contributed by atoms with Crippen LogP contribution in [0.1, 0.15) is 44.3 Å². The van der Waals surface area contributed by atoms with Crippen molar-refractivity contribution in [2.45, 2.75) is 44.3 Å². The minimum atomic E-state index is -1.01. The molecule has 0 amide bonds. The van der Waals surface area contributed by atoms with Gasteiger partial charge in [-0.05, 0) is 37.7 Å². The van der Waals surface area contributed by atoms with Crippen LogP contribution in [0.2, 0.25) is 0 Å². The van der Waals surface area contributed by atoms with Gasteiger partial charge >= 0.3 is 0 Å². The van der Waals surface area contributed by atoms with Crippen LogP contribution >= 0.6 is 0 Å². The van der Waals surface area contributed by atoms with Crippen molar-refractivity contribution in [1.82, 2.24) is 0 Å². The van der Waals surface area contributed by atoms with Crippen LogP contribution in [-0.4, -0.2) is 22.9 Å². The summed E-state index contributed by atoms with van der Waals surface area (Å²) in [5.74, 6) is 1.27. The lowest BCUT2D eigenvalue weighted by Crippen LogP contribution is -2.40. The zero-order valence-electron chi connectivity index (χ0n) is 11.1. The summed E-state index contributed by atoms with van der Waals surface area (Å²) in [4.78, 5) is 0. The molecule has 2 N–H and O–H groups in total. The Hall–Kier alpha value is -1.06. The van der Waals surface area contributed by atoms with Crippen molar-refractivity contribution >= 4 is 0 Å². The highest BCUT2D eigenvalue weighted by Gasteiger charge is 2.40. The van der Waals surface area contributed by atoms with Crippen LogP contribution in [0.15, 0.2) is 24.3 Å². The summed E-state index contributed by atoms with van der Waals surface area (Å²) >= 11 is 0. The Balaban J connectivity index is 2.22. The fraction of sp³-hybridized carbons (Fsp3) is 0.600. The maximum atomic E-state index is 10.6. The SMILES string of the molecule is COc1ccccc1C(O)C1(O)CCC(C)CC1. The molecule has 1 aliphatic rings. The van der Waals surface area contributed by atoms with E-state index in [1.54, 1.807) is 7.11 Å². The number of hydrogen-bond acceptors (Lipinski definition) is 3. The first-order valence-corrected chi connectivity index (χ1v) is 6.60. The summed E-state index contributed by atoms with van der Waals surface area (Å²) in [6, 6.07) is 7.35. The Labute approximate surface area is 108 Å². The van der Waals surface area contributed by atoms with Crippen LogP contribution in [-0.2, 0) is 0 Å². The quantitative estimate of drug-likeness (QED) is 0.867. The van der Waals surface area contributed by atoms with Crippen LogP contribution in [0.3, 0.4) is 0 Å². The van der Waals surface area contributed by atoms with E-state index in [2.05, 4.69) is 6.92 Å². The maximum absolute atomic E-state index is 10.6. The topological polar surface area (TPSA) is 49.7 Å². The van der Waals surface area contributed by atoms with E-state index in [0.29, 0.717) is 30.1 Å². The van der Waals surface area contributed by atoms with Gasteiger partial charge in [-0.3, -0.25) is 0 Å². The lowest BCUT2D eigenvalue weighted by atomic mass is 9.75. The number of rotatable bonds is 3. The summed E-state index contributed by atoms with van der Waals surface area (Å²) < 4.78 is 5.25. The summed E-state index contributed by atoms with van der Waals surface area (Å²) in [5.41, 5.74) is -0.335. The third-order valence-corrected chi connectivity index (χ3v) is 4.08. The zero-order chi connectivity index (χ0) is 13.2. The van der Waals surface area contributed by atoms with E-state index in [-0.39, 0.29) is 0 Å². The zero-order valence-corrected chi connectivity index (χ0v) is 11.1. The third-order valence-electron chi connectivity index (χ3n) is 4.08. The highest BCUT2D eigenvalue weighted by molar-refractivity contribution is 5.36. The molecule has 1 aromatic rings. The lowest BCUT2D eigenvalue weighted by molar-refractivity contribution is -0.106. The van der Waals surface area contributed by atoms with Crippen LogP contribution < -0.4 is 4.74 Å². The lowest BCUT2D eigenvalue weighted by Gasteiger charge is -2.39. The highest BCUT2D eigenvalue weighted by Crippen LogP contribution is 2.42. The fourth-order valence-corrected chi connectivity index (χ4v) is 2.72. The molecule has 1 atom stereocenters. The molecule has 1 saturated carbocycles. The fourth-order valence-electron chi connectivity index (χ4n) is 2.72. The molecule has 18 heavy (non-hydrogen) atoms. The summed E-state index contributed by atoms with van der Waals surface area (Å²) in [6.45, 7) is 2.19. The van der Waals surface area contributed by atoms with E-state index in [9.17, 15) is 10.2 Å². The molecule has 0 saturated heterocycles. The van der Waals surface area contributed by atoms with Gasteiger partial charge in [0.05, 0.1) is 12.7 Å². The van der Waals surface area contributed by atoms with Gasteiger partial charge in [0, 0.05) is 5.56 Å². The van der Waals surface area contributed by atoms with Crippen molar-refractivity contribution in [3.8, 4) is 5.75 Å². The second-order valence-corrected chi connectivity index (χ2v) is 5.43. The molecule has 100 valence electrons. The van der Waals surface area contributed by atoms with Gasteiger partial charge in [-0.15, -0.1) is 0 Å². The predicted molar refractivity (Wildman–Crippen MR) is 70.5 cm³/mol. The Bertz CT molecular complexity index is 394. The van der Waals surface area contributed by atoms with Crippen LogP contribution in [0.25, 0.3) is 0 Å². The molecular weight excluding hydrogens is 228 g/mol. The van der Waals surface area contributed by atoms with Gasteiger partial charge in [0.15, 0.2) is 0 Å². The van der Waals surface area contributed by atoms with Gasteiger partial charge < -0.3 is 14.9 Å². The van der Waals surface area contributed by atoms with E-state index >= 15 is 0 Å². The molecule has 2 rings (SSSR count). The second-order valence-electron chi connectivity index (χ2n) is 5.43. The Morgan fingerprint density at radius 3 is 2.50 bits per heavy atom. The molecule has 0 heterocycles. The van der Waals surface area contributed by atoms with Gasteiger partial charge in [-0.25, -0.2) is 0 Å². The number of methoxy groups -OCH3 is 1. The van der Waals surface area contributed by atoms with Crippen molar-refractivity contribution in [1.29, 1.82) is 0 Å². The predicted octanol–water partition coefficient (Wildman–Crippen LogP) is 2.67. The summed E-state index contributed by atoms with van der Waals surface area (Å²) in [5, 5.41) is 21.1. The van der Waals surface area contributed by atoms with E-state index in [4.69, 9.17) is 4.74 Å². The molecule has 3 nitrogen and oxygen atoms in total. The first kappa shape index (κ1) is 13.4. The second kappa shape index (κ2) is 5.29. The number of ether oxygens (including phenoxy) is 1. The number of aliphatic hydroxyl groups excluding tert-OH is 1. The third kappa shape index (κ3) is 2.52. The van der Waals surface area contributed by atoms with Crippen molar-refractivity contribution in [3.05, 3.63) is 29.8 Å². The van der Waals surface area contributed by atoms with Crippen molar-refractivity contribution < 1.29 is 14.9 Å². The molecule has 0 bridgehead atoms. The molecule has 0 aromatic heterocycles. The standard InChI is InChI=1S/C15H22O3/c1-11-7-9-15(17,10-8-11)14(16)12-5-3-4-6-13(12)18-2/h3-6,11,14,16-17H,7-10H2,1-2H3. The molecule has 0 aliphatic heterocycles. The van der Waals surface area contributed by atoms with Gasteiger partial charge in [0.25, 0.3) is 0 Å². The van der Waals surface area contributed by atoms with E-state index in [0.717, 1.165) is 12.8 Å². The molecule has 0 radical (unpaired) electrons. The maximum Gasteiger partial charge on any atom is 0.124 e. The normalized spacial score (nSPS) is 29.9. The molecule has 1 aliphatic carbocycles.